The zero-order valence-corrected chi connectivity index (χ0v) is 18.0. The fourth-order valence-electron chi connectivity index (χ4n) is 5.10. The highest BCUT2D eigenvalue weighted by molar-refractivity contribution is 5.93. The third-order valence-electron chi connectivity index (χ3n) is 6.80. The lowest BCUT2D eigenvalue weighted by molar-refractivity contribution is -0.142. The molecule has 1 spiro atoms. The number of aryl methyl sites for hydroxylation is 2. The van der Waals surface area contributed by atoms with Crippen LogP contribution < -0.4 is 0 Å². The summed E-state index contributed by atoms with van der Waals surface area (Å²) < 4.78 is 6.25. The van der Waals surface area contributed by atoms with Gasteiger partial charge in [-0.3, -0.25) is 19.6 Å². The smallest absolute Gasteiger partial charge is 0.230 e. The predicted octanol–water partition coefficient (Wildman–Crippen LogP) is 2.03. The Morgan fingerprint density at radius 1 is 1.29 bits per heavy atom. The minimum atomic E-state index is -0.699. The number of carbonyl (C=O) groups excluding carboxylic acids is 2. The van der Waals surface area contributed by atoms with Crippen molar-refractivity contribution in [3.8, 4) is 0 Å². The van der Waals surface area contributed by atoms with Crippen LogP contribution in [0.25, 0.3) is 0 Å². The third kappa shape index (κ3) is 3.24. The van der Waals surface area contributed by atoms with Gasteiger partial charge in [-0.25, -0.2) is 0 Å². The van der Waals surface area contributed by atoms with E-state index >= 15 is 0 Å². The van der Waals surface area contributed by atoms with Gasteiger partial charge in [-0.2, -0.15) is 0 Å². The van der Waals surface area contributed by atoms with Crippen molar-refractivity contribution in [2.45, 2.75) is 38.6 Å². The molecular weight excluding hydrogens is 392 g/mol. The maximum atomic E-state index is 13.4. The van der Waals surface area contributed by atoms with E-state index in [1.165, 1.54) is 11.1 Å². The van der Waals surface area contributed by atoms with E-state index in [1.807, 2.05) is 17.1 Å². The Labute approximate surface area is 181 Å². The van der Waals surface area contributed by atoms with E-state index < -0.39 is 17.4 Å². The molecule has 3 aliphatic rings. The lowest BCUT2D eigenvalue weighted by Gasteiger charge is -2.27. The molecule has 0 unspecified atom stereocenters. The number of fused-ring (bicyclic) bond motifs is 1. The molecule has 1 aromatic heterocycles. The standard InChI is InChI=1S/C24H26N4O3/c1-15-4-5-17(10-16(15)2)12-28-14-24-7-6-19(31-24)20(21(24)23(28)30)22(29)27(3)13-18-11-25-8-9-26-18/h4-11,19-21H,12-14H2,1-3H3/t19-,20-,21-,24-/m0/s1. The predicted molar refractivity (Wildman–Crippen MR) is 114 cm³/mol. The molecule has 0 radical (unpaired) electrons. The molecule has 0 saturated carbocycles. The Balaban J connectivity index is 1.36. The van der Waals surface area contributed by atoms with Gasteiger partial charge < -0.3 is 14.5 Å². The van der Waals surface area contributed by atoms with E-state index in [2.05, 4.69) is 42.0 Å². The van der Waals surface area contributed by atoms with Crippen molar-refractivity contribution in [3.05, 3.63) is 71.3 Å². The molecule has 1 aromatic carbocycles. The van der Waals surface area contributed by atoms with Gasteiger partial charge in [-0.05, 0) is 30.5 Å². The zero-order chi connectivity index (χ0) is 21.8. The molecule has 160 valence electrons. The number of amides is 2. The van der Waals surface area contributed by atoms with Crippen LogP contribution in [0, 0.1) is 25.7 Å². The third-order valence-corrected chi connectivity index (χ3v) is 6.80. The fraction of sp³-hybridized carbons (Fsp3) is 0.417. The first-order valence-corrected chi connectivity index (χ1v) is 10.6. The van der Waals surface area contributed by atoms with Gasteiger partial charge in [0.1, 0.15) is 5.60 Å². The van der Waals surface area contributed by atoms with Crippen molar-refractivity contribution >= 4 is 11.8 Å². The molecule has 5 rings (SSSR count). The molecule has 0 N–H and O–H groups in total. The molecule has 2 bridgehead atoms. The van der Waals surface area contributed by atoms with Crippen LogP contribution in [0.15, 0.2) is 48.9 Å². The number of aromatic nitrogens is 2. The van der Waals surface area contributed by atoms with Crippen molar-refractivity contribution in [2.75, 3.05) is 13.6 Å². The summed E-state index contributed by atoms with van der Waals surface area (Å²) >= 11 is 0. The van der Waals surface area contributed by atoms with Gasteiger partial charge in [0, 0.05) is 26.0 Å². The molecule has 2 saturated heterocycles. The normalized spacial score (nSPS) is 28.3. The van der Waals surface area contributed by atoms with Gasteiger partial charge >= 0.3 is 0 Å². The molecular formula is C24H26N4O3. The second kappa shape index (κ2) is 7.27. The summed E-state index contributed by atoms with van der Waals surface area (Å²) in [6.07, 6.45) is 8.45. The molecule has 2 fully saturated rings. The van der Waals surface area contributed by atoms with Crippen LogP contribution >= 0.6 is 0 Å². The van der Waals surface area contributed by atoms with Crippen LogP contribution in [-0.2, 0) is 27.4 Å². The van der Waals surface area contributed by atoms with Crippen LogP contribution in [0.3, 0.4) is 0 Å². The Kier molecular flexibility index (Phi) is 4.66. The minimum absolute atomic E-state index is 0.00340. The lowest BCUT2D eigenvalue weighted by Crippen LogP contribution is -2.44. The van der Waals surface area contributed by atoms with E-state index in [9.17, 15) is 9.59 Å². The molecule has 4 atom stereocenters. The lowest BCUT2D eigenvalue weighted by atomic mass is 9.76. The average Bonchev–Trinajstić information content (AvgIpc) is 3.39. The Morgan fingerprint density at radius 3 is 2.87 bits per heavy atom. The maximum Gasteiger partial charge on any atom is 0.230 e. The zero-order valence-electron chi connectivity index (χ0n) is 18.0. The van der Waals surface area contributed by atoms with Crippen molar-refractivity contribution in [2.24, 2.45) is 11.8 Å². The highest BCUT2D eigenvalue weighted by atomic mass is 16.5. The van der Waals surface area contributed by atoms with E-state index in [4.69, 9.17) is 4.74 Å². The van der Waals surface area contributed by atoms with E-state index in [0.717, 1.165) is 5.56 Å². The number of hydrogen-bond acceptors (Lipinski definition) is 5. The number of rotatable bonds is 5. The van der Waals surface area contributed by atoms with Crippen LogP contribution in [0.2, 0.25) is 0 Å². The highest BCUT2D eigenvalue weighted by Crippen LogP contribution is 2.52. The van der Waals surface area contributed by atoms with Crippen molar-refractivity contribution < 1.29 is 14.3 Å². The van der Waals surface area contributed by atoms with Gasteiger partial charge in [0.05, 0.1) is 42.9 Å². The van der Waals surface area contributed by atoms with Crippen molar-refractivity contribution in [1.29, 1.82) is 0 Å². The van der Waals surface area contributed by atoms with Crippen LogP contribution in [0.5, 0.6) is 0 Å². The monoisotopic (exact) mass is 418 g/mol. The van der Waals surface area contributed by atoms with Gasteiger partial charge in [0.2, 0.25) is 11.8 Å². The van der Waals surface area contributed by atoms with E-state index in [-0.39, 0.29) is 17.9 Å². The first-order chi connectivity index (χ1) is 14.9. The second-order valence-corrected chi connectivity index (χ2v) is 8.90. The first-order valence-electron chi connectivity index (χ1n) is 10.6. The van der Waals surface area contributed by atoms with Gasteiger partial charge in [0.25, 0.3) is 0 Å². The van der Waals surface area contributed by atoms with Gasteiger partial charge in [-0.15, -0.1) is 0 Å². The Morgan fingerprint density at radius 2 is 2.13 bits per heavy atom. The molecule has 2 aromatic rings. The Hall–Kier alpha value is -3.06. The fourth-order valence-corrected chi connectivity index (χ4v) is 5.10. The Bertz CT molecular complexity index is 1070. The molecule has 4 heterocycles. The van der Waals surface area contributed by atoms with Crippen LogP contribution in [0.1, 0.15) is 22.4 Å². The van der Waals surface area contributed by atoms with Crippen LogP contribution in [0.4, 0.5) is 0 Å². The van der Waals surface area contributed by atoms with E-state index in [1.54, 1.807) is 30.5 Å². The summed E-state index contributed by atoms with van der Waals surface area (Å²) in [6, 6.07) is 6.27. The summed E-state index contributed by atoms with van der Waals surface area (Å²) in [4.78, 5) is 38.6. The molecule has 0 aliphatic carbocycles. The molecule has 31 heavy (non-hydrogen) atoms. The number of likely N-dealkylation sites (tertiary alicyclic amines) is 1. The van der Waals surface area contributed by atoms with Crippen molar-refractivity contribution in [3.63, 3.8) is 0 Å². The first kappa shape index (κ1) is 19.9. The number of carbonyl (C=O) groups is 2. The topological polar surface area (TPSA) is 75.6 Å². The molecule has 3 aliphatic heterocycles. The number of nitrogens with zero attached hydrogens (tertiary/aromatic N) is 4. The summed E-state index contributed by atoms with van der Waals surface area (Å²) in [6.45, 7) is 5.51. The highest BCUT2D eigenvalue weighted by Gasteiger charge is 2.67. The SMILES string of the molecule is Cc1ccc(CN2C[C@]34C=C[C@H](O3)[C@H](C(=O)N(C)Cc3cnccn3)[C@H]4C2=O)cc1C. The average molecular weight is 418 g/mol. The summed E-state index contributed by atoms with van der Waals surface area (Å²) in [5, 5.41) is 0. The number of ether oxygens (including phenoxy) is 1. The largest absolute Gasteiger partial charge is 0.360 e. The molecule has 2 amide bonds. The minimum Gasteiger partial charge on any atom is -0.360 e. The number of hydrogen-bond donors (Lipinski definition) is 0. The van der Waals surface area contributed by atoms with Crippen LogP contribution in [-0.4, -0.2) is 56.9 Å². The summed E-state index contributed by atoms with van der Waals surface area (Å²) in [5.74, 6) is -1.08. The molecule has 7 heteroatoms. The van der Waals surface area contributed by atoms with Gasteiger partial charge in [-0.1, -0.05) is 30.4 Å². The van der Waals surface area contributed by atoms with Gasteiger partial charge in [0.15, 0.2) is 0 Å². The molecule has 7 nitrogen and oxygen atoms in total. The number of benzene rings is 1. The maximum absolute atomic E-state index is 13.4. The van der Waals surface area contributed by atoms with Crippen molar-refractivity contribution in [1.82, 2.24) is 19.8 Å². The van der Waals surface area contributed by atoms with E-state index in [0.29, 0.717) is 25.3 Å². The summed E-state index contributed by atoms with van der Waals surface area (Å²) in [7, 11) is 1.74. The summed E-state index contributed by atoms with van der Waals surface area (Å²) in [5.41, 5.74) is 3.54. The second-order valence-electron chi connectivity index (χ2n) is 8.90. The quantitative estimate of drug-likeness (QED) is 0.695.